The molecule has 26 nitrogen and oxygen atoms in total. The van der Waals surface area contributed by atoms with E-state index in [2.05, 4.69) is 161 Å². The summed E-state index contributed by atoms with van der Waals surface area (Å²) in [6.07, 6.45) is 6.98. The second-order valence-electron chi connectivity index (χ2n) is 33.1. The standard InChI is InChI=1S/C26H28F3N7S.C24H26ClN7S.C24H28N6OS.C20H16F3N5S/c1-4-35-7-8-36(14-15(35)2)19-11-21(16(3)30-13-19)33-25-31-12-17-9-23(37)32-22-10-18(26(27,28)29)5-6-20(22)24(17)34-25;1-14-19(6-7-21(27-14)32(3)17-8-9-31(2)13-17)29-24-26-12-15-10-22(33)28-20-11-16(25)4-5-18(20)23(15)30-24;1-15-20(10-16(13-25-15)6-5-9-30(2)3)28-24-26-14-17-11-22(32)27-21-12-18(31-4)7-8-19(21)23(17)29-24;1-10-3-6-15(11(2)25-10)27-19-24-9-12-7-17(29)26-16-8-13(20(21,22)23)4-5-14(16)18(12)28-19/h5-6,10-13,15H,4,7-9,14H2,1-3H3,(H,32,37)(H,31,33,34);4-7,11-12,17H,8-10,13H2,1-3H3,(H,28,33)(H,26,29,30);7-8,10,12-14H,5-6,9,11H2,1-4H3,(H,27,32)(H,26,28,29);3-6,8-9H,7H2,1-2H3,(H,26,29)(H,24,27,28)/t15-;;;/m0.../s1. The Morgan fingerprint density at radius 3 is 1.39 bits per heavy atom. The predicted molar refractivity (Wildman–Crippen MR) is 525 cm³/mol. The number of aryl methyl sites for hydroxylation is 6. The molecule has 0 radical (unpaired) electrons. The Balaban J connectivity index is 0.000000134. The Labute approximate surface area is 782 Å². The topological polar surface area (TPSA) is 276 Å². The third-order valence-corrected chi connectivity index (χ3v) is 24.5. The van der Waals surface area contributed by atoms with Crippen molar-refractivity contribution in [3.05, 3.63) is 219 Å². The molecule has 4 aromatic carbocycles. The highest BCUT2D eigenvalue weighted by Crippen LogP contribution is 2.44. The van der Waals surface area contributed by atoms with Gasteiger partial charge in [-0.3, -0.25) is 19.9 Å². The van der Waals surface area contributed by atoms with Crippen LogP contribution in [0.5, 0.6) is 5.75 Å². The fourth-order valence-corrected chi connectivity index (χ4v) is 17.4. The highest BCUT2D eigenvalue weighted by Gasteiger charge is 2.36. The van der Waals surface area contributed by atoms with E-state index in [1.807, 2.05) is 120 Å². The minimum absolute atomic E-state index is 0.279. The number of aromatic nitrogens is 12. The average molecular weight is 1870 g/mol. The van der Waals surface area contributed by atoms with Crippen LogP contribution in [0.3, 0.4) is 0 Å². The minimum Gasteiger partial charge on any atom is -0.497 e. The first-order chi connectivity index (χ1) is 62.6. The maximum Gasteiger partial charge on any atom is 0.416 e. The van der Waals surface area contributed by atoms with Gasteiger partial charge in [-0.2, -0.15) is 26.3 Å². The van der Waals surface area contributed by atoms with E-state index < -0.39 is 23.5 Å². The molecule has 12 aromatic rings. The number of nitrogens with one attached hydrogen (secondary N) is 8. The summed E-state index contributed by atoms with van der Waals surface area (Å²) in [5.74, 6) is 3.47. The van der Waals surface area contributed by atoms with E-state index in [0.29, 0.717) is 99.1 Å². The zero-order valence-electron chi connectivity index (χ0n) is 74.2. The number of likely N-dealkylation sites (N-methyl/N-ethyl adjacent to an activating group) is 3. The van der Waals surface area contributed by atoms with Crippen molar-refractivity contribution >= 4 is 161 Å². The molecule has 2 atom stereocenters. The van der Waals surface area contributed by atoms with Crippen molar-refractivity contribution in [3.8, 4) is 50.8 Å². The molecule has 18 rings (SSSR count). The van der Waals surface area contributed by atoms with Crippen LogP contribution in [-0.2, 0) is 44.5 Å². The van der Waals surface area contributed by atoms with Crippen LogP contribution in [0, 0.1) is 34.6 Å². The number of fused-ring (bicyclic) bond motifs is 12. The molecule has 0 spiro atoms. The number of benzene rings is 4. The van der Waals surface area contributed by atoms with E-state index in [9.17, 15) is 26.3 Å². The number of methoxy groups -OCH3 is 1. The van der Waals surface area contributed by atoms with Gasteiger partial charge in [0, 0.05) is 180 Å². The molecule has 37 heteroatoms. The largest absolute Gasteiger partial charge is 0.497 e. The van der Waals surface area contributed by atoms with Gasteiger partial charge < -0.3 is 66.9 Å². The Morgan fingerprint density at radius 1 is 0.489 bits per heavy atom. The zero-order valence-corrected chi connectivity index (χ0v) is 78.2. The molecular formula is C94H98ClF6N25OS4. The summed E-state index contributed by atoms with van der Waals surface area (Å²) in [5, 5.41) is 26.2. The summed E-state index contributed by atoms with van der Waals surface area (Å²) in [5.41, 5.74) is 19.9. The first-order valence-corrected chi connectivity index (χ1v) is 44.7. The first kappa shape index (κ1) is 93.4. The number of piperazine rings is 1. The maximum atomic E-state index is 13.3. The summed E-state index contributed by atoms with van der Waals surface area (Å²) in [7, 11) is 10.1. The van der Waals surface area contributed by atoms with Crippen LogP contribution >= 0.6 is 60.5 Å². The van der Waals surface area contributed by atoms with Crippen LogP contribution in [0.25, 0.3) is 45.0 Å². The van der Waals surface area contributed by atoms with Gasteiger partial charge in [0.15, 0.2) is 0 Å². The molecule has 0 amide bonds. The highest BCUT2D eigenvalue weighted by atomic mass is 35.5. The number of hydrogen-bond acceptors (Lipinski definition) is 26. The van der Waals surface area contributed by atoms with Gasteiger partial charge in [-0.25, -0.2) is 44.9 Å². The summed E-state index contributed by atoms with van der Waals surface area (Å²) in [6, 6.07) is 31.6. The molecule has 6 aliphatic rings. The van der Waals surface area contributed by atoms with Gasteiger partial charge in [0.25, 0.3) is 0 Å². The lowest BCUT2D eigenvalue weighted by molar-refractivity contribution is -0.138. The number of halogens is 7. The molecule has 131 heavy (non-hydrogen) atoms. The number of anilines is 14. The van der Waals surface area contributed by atoms with E-state index in [4.69, 9.17) is 85.1 Å². The van der Waals surface area contributed by atoms with E-state index in [1.165, 1.54) is 17.7 Å². The van der Waals surface area contributed by atoms with Gasteiger partial charge >= 0.3 is 12.4 Å². The molecule has 0 saturated carbocycles. The molecule has 678 valence electrons. The van der Waals surface area contributed by atoms with Crippen molar-refractivity contribution in [2.24, 2.45) is 0 Å². The molecule has 2 saturated heterocycles. The van der Waals surface area contributed by atoms with Crippen LogP contribution in [0.15, 0.2) is 146 Å². The van der Waals surface area contributed by atoms with Gasteiger partial charge in [0.1, 0.15) is 11.6 Å². The van der Waals surface area contributed by atoms with E-state index >= 15 is 0 Å². The third-order valence-electron chi connectivity index (χ3n) is 23.3. The predicted octanol–water partition coefficient (Wildman–Crippen LogP) is 19.7. The fraction of sp³-hybridized carbons (Fsp3) is 0.319. The van der Waals surface area contributed by atoms with Crippen LogP contribution in [0.1, 0.15) is 94.1 Å². The van der Waals surface area contributed by atoms with Gasteiger partial charge in [-0.05, 0) is 198 Å². The van der Waals surface area contributed by atoms with Gasteiger partial charge in [-0.1, -0.05) is 79.5 Å². The monoisotopic (exact) mass is 1870 g/mol. The van der Waals surface area contributed by atoms with Crippen LogP contribution in [-0.4, -0.2) is 188 Å². The second kappa shape index (κ2) is 40.2. The lowest BCUT2D eigenvalue weighted by Crippen LogP contribution is -2.51. The Bertz CT molecular complexity index is 6370. The van der Waals surface area contributed by atoms with E-state index in [0.717, 1.165) is 224 Å². The maximum absolute atomic E-state index is 13.3. The molecular weight excluding hydrogens is 1770 g/mol. The number of nitrogens with zero attached hydrogens (tertiary/aromatic N) is 17. The van der Waals surface area contributed by atoms with Crippen LogP contribution in [0.2, 0.25) is 5.02 Å². The van der Waals surface area contributed by atoms with E-state index in [-0.39, 0.29) is 11.4 Å². The van der Waals surface area contributed by atoms with Crippen molar-refractivity contribution < 1.29 is 31.1 Å². The molecule has 0 bridgehead atoms. The normalized spacial score (nSPS) is 15.6. The van der Waals surface area contributed by atoms with Gasteiger partial charge in [-0.15, -0.1) is 0 Å². The SMILES string of the molecule is CCN1CCN(c2cnc(C)c(Nc3ncc4c(n3)-c3ccc(C(F)(F)F)cc3NC(=S)C4)c2)C[C@@H]1C.COc1ccc2c(c1)NC(=S)Cc1cnc(Nc3cc(CCCN(C)C)cnc3C)nc1-2.Cc1ccc(Nc2ncc3c(n2)-c2ccc(C(F)(F)F)cc2NC(=S)C3)c(C)n1.Cc1nc(N(C)C2CCN(C)C2)ccc1Nc1ncc2c(n1)-c1ccc(Cl)cc1NC(=S)C2. The molecule has 2 fully saturated rings. The summed E-state index contributed by atoms with van der Waals surface area (Å²) in [4.78, 5) is 69.1. The number of alkyl halides is 6. The van der Waals surface area contributed by atoms with Crippen molar-refractivity contribution in [1.82, 2.24) is 74.5 Å². The van der Waals surface area contributed by atoms with Gasteiger partial charge in [0.2, 0.25) is 23.8 Å². The Hall–Kier alpha value is -12.3. The number of pyridine rings is 4. The molecule has 0 aliphatic carbocycles. The van der Waals surface area contributed by atoms with Gasteiger partial charge in [0.05, 0.1) is 124 Å². The highest BCUT2D eigenvalue weighted by molar-refractivity contribution is 7.81. The Morgan fingerprint density at radius 2 is 0.939 bits per heavy atom. The number of ether oxygens (including phenoxy) is 1. The quantitative estimate of drug-likeness (QED) is 0.0311. The lowest BCUT2D eigenvalue weighted by Gasteiger charge is -2.40. The van der Waals surface area contributed by atoms with Crippen LogP contribution in [0.4, 0.5) is 107 Å². The third kappa shape index (κ3) is 22.7. The second-order valence-corrected chi connectivity index (χ2v) is 35.5. The average Bonchev–Trinajstić information content (AvgIpc) is 1.86. The first-order valence-electron chi connectivity index (χ1n) is 42.6. The number of thiocarbonyl (C=S) groups is 4. The molecule has 6 aliphatic heterocycles. The molecule has 14 heterocycles. The zero-order chi connectivity index (χ0) is 92.9. The number of rotatable bonds is 17. The van der Waals surface area contributed by atoms with Crippen LogP contribution < -0.4 is 57.1 Å². The molecule has 1 unspecified atom stereocenters. The summed E-state index contributed by atoms with van der Waals surface area (Å²) in [6.45, 7) is 21.2. The number of hydrogen-bond donors (Lipinski definition) is 8. The fourth-order valence-electron chi connectivity index (χ4n) is 16.2. The Kier molecular flexibility index (Phi) is 28.7. The number of likely N-dealkylation sites (tertiary alicyclic amines) is 1. The molecule has 8 aromatic heterocycles. The summed E-state index contributed by atoms with van der Waals surface area (Å²) >= 11 is 27.8. The minimum atomic E-state index is -4.46. The summed E-state index contributed by atoms with van der Waals surface area (Å²) < 4.78 is 84.7. The van der Waals surface area contributed by atoms with Crippen molar-refractivity contribution in [2.75, 3.05) is 133 Å². The molecule has 8 N–H and O–H groups in total. The van der Waals surface area contributed by atoms with Crippen molar-refractivity contribution in [2.45, 2.75) is 118 Å². The van der Waals surface area contributed by atoms with Crippen molar-refractivity contribution in [3.63, 3.8) is 0 Å². The van der Waals surface area contributed by atoms with E-state index in [1.54, 1.807) is 19.5 Å². The lowest BCUT2D eigenvalue weighted by atomic mass is 10.0. The van der Waals surface area contributed by atoms with Crippen molar-refractivity contribution in [1.29, 1.82) is 0 Å². The smallest absolute Gasteiger partial charge is 0.416 e.